The van der Waals surface area contributed by atoms with Gasteiger partial charge in [0.1, 0.15) is 5.60 Å². The van der Waals surface area contributed by atoms with E-state index < -0.39 is 17.3 Å². The van der Waals surface area contributed by atoms with Gasteiger partial charge in [-0.15, -0.1) is 0 Å². The fourth-order valence-electron chi connectivity index (χ4n) is 1.74. The molecule has 5 heteroatoms. The highest BCUT2D eigenvalue weighted by Crippen LogP contribution is 2.33. The van der Waals surface area contributed by atoms with E-state index in [4.69, 9.17) is 10.5 Å². The fraction of sp³-hybridized carbons (Fsp3) is 0.500. The van der Waals surface area contributed by atoms with E-state index in [9.17, 15) is 13.2 Å². The molecule has 0 saturated carbocycles. The van der Waals surface area contributed by atoms with Crippen molar-refractivity contribution in [1.82, 2.24) is 0 Å². The van der Waals surface area contributed by atoms with Crippen molar-refractivity contribution in [1.29, 1.82) is 0 Å². The number of hydrogen-bond donors (Lipinski definition) is 1. The van der Waals surface area contributed by atoms with Crippen LogP contribution in [0.3, 0.4) is 0 Å². The molecule has 0 saturated heterocycles. The third-order valence-electron chi connectivity index (χ3n) is 2.96. The molecule has 0 fully saturated rings. The molecule has 0 aliphatic rings. The molecule has 0 aliphatic heterocycles. The van der Waals surface area contributed by atoms with Gasteiger partial charge < -0.3 is 10.5 Å². The third kappa shape index (κ3) is 2.79. The van der Waals surface area contributed by atoms with Gasteiger partial charge in [-0.1, -0.05) is 6.07 Å². The Labute approximate surface area is 98.6 Å². The molecule has 0 heterocycles. The summed E-state index contributed by atoms with van der Waals surface area (Å²) >= 11 is 0. The first-order valence-corrected chi connectivity index (χ1v) is 5.18. The minimum absolute atomic E-state index is 0.204. The largest absolute Gasteiger partial charge is 0.416 e. The second kappa shape index (κ2) is 4.66. The van der Waals surface area contributed by atoms with E-state index in [1.54, 1.807) is 13.8 Å². The van der Waals surface area contributed by atoms with Crippen molar-refractivity contribution in [2.45, 2.75) is 25.6 Å². The topological polar surface area (TPSA) is 35.2 Å². The highest BCUT2D eigenvalue weighted by atomic mass is 19.4. The Morgan fingerprint density at radius 1 is 1.29 bits per heavy atom. The monoisotopic (exact) mass is 247 g/mol. The first-order valence-electron chi connectivity index (χ1n) is 5.18. The van der Waals surface area contributed by atoms with Crippen LogP contribution in [0.25, 0.3) is 0 Å². The lowest BCUT2D eigenvalue weighted by molar-refractivity contribution is -0.137. The maximum atomic E-state index is 12.5. The van der Waals surface area contributed by atoms with Crippen LogP contribution in [-0.2, 0) is 16.5 Å². The number of aryl methyl sites for hydroxylation is 1. The number of ether oxygens (including phenoxy) is 1. The zero-order valence-electron chi connectivity index (χ0n) is 10.1. The Morgan fingerprint density at radius 3 is 2.24 bits per heavy atom. The van der Waals surface area contributed by atoms with E-state index in [1.165, 1.54) is 13.2 Å². The molecule has 0 radical (unpaired) electrons. The summed E-state index contributed by atoms with van der Waals surface area (Å²) in [6, 6.07) is 3.59. The maximum Gasteiger partial charge on any atom is 0.416 e. The summed E-state index contributed by atoms with van der Waals surface area (Å²) in [6.45, 7) is 3.58. The van der Waals surface area contributed by atoms with Gasteiger partial charge in [-0.25, -0.2) is 0 Å². The van der Waals surface area contributed by atoms with Crippen LogP contribution >= 0.6 is 0 Å². The van der Waals surface area contributed by atoms with Crippen molar-refractivity contribution < 1.29 is 17.9 Å². The quantitative estimate of drug-likeness (QED) is 0.891. The molecule has 0 spiro atoms. The SMILES string of the molecule is COC(C)(CN)c1ccc(C(F)(F)F)cc1C. The summed E-state index contributed by atoms with van der Waals surface area (Å²) in [7, 11) is 1.49. The Kier molecular flexibility index (Phi) is 3.84. The number of benzene rings is 1. The first kappa shape index (κ1) is 14.0. The van der Waals surface area contributed by atoms with Gasteiger partial charge in [0.25, 0.3) is 0 Å². The van der Waals surface area contributed by atoms with Crippen molar-refractivity contribution in [2.24, 2.45) is 5.73 Å². The van der Waals surface area contributed by atoms with Gasteiger partial charge in [0, 0.05) is 13.7 Å². The van der Waals surface area contributed by atoms with Crippen LogP contribution in [0.5, 0.6) is 0 Å². The first-order chi connectivity index (χ1) is 7.74. The molecule has 1 unspecified atom stereocenters. The molecule has 0 aromatic heterocycles. The van der Waals surface area contributed by atoms with Gasteiger partial charge in [-0.05, 0) is 37.1 Å². The summed E-state index contributed by atoms with van der Waals surface area (Å²) in [5.74, 6) is 0. The fourth-order valence-corrected chi connectivity index (χ4v) is 1.74. The number of nitrogens with two attached hydrogens (primary N) is 1. The molecule has 1 rings (SSSR count). The van der Waals surface area contributed by atoms with E-state index >= 15 is 0 Å². The Balaban J connectivity index is 3.23. The highest BCUT2D eigenvalue weighted by Gasteiger charge is 2.33. The maximum absolute atomic E-state index is 12.5. The summed E-state index contributed by atoms with van der Waals surface area (Å²) in [5.41, 5.74) is 5.38. The molecule has 0 bridgehead atoms. The van der Waals surface area contributed by atoms with Crippen molar-refractivity contribution in [3.63, 3.8) is 0 Å². The number of hydrogen-bond acceptors (Lipinski definition) is 2. The smallest absolute Gasteiger partial charge is 0.372 e. The normalized spacial score (nSPS) is 15.7. The summed E-state index contributed by atoms with van der Waals surface area (Å²) < 4.78 is 42.8. The van der Waals surface area contributed by atoms with Crippen molar-refractivity contribution in [2.75, 3.05) is 13.7 Å². The molecule has 0 amide bonds. The van der Waals surface area contributed by atoms with Crippen LogP contribution in [0.15, 0.2) is 18.2 Å². The van der Waals surface area contributed by atoms with Crippen LogP contribution in [0.4, 0.5) is 13.2 Å². The standard InChI is InChI=1S/C12H16F3NO/c1-8-6-9(12(13,14)15)4-5-10(8)11(2,7-16)17-3/h4-6H,7,16H2,1-3H3. The van der Waals surface area contributed by atoms with E-state index in [0.29, 0.717) is 11.1 Å². The third-order valence-corrected chi connectivity index (χ3v) is 2.96. The van der Waals surface area contributed by atoms with Gasteiger partial charge in [-0.3, -0.25) is 0 Å². The molecule has 1 aromatic carbocycles. The van der Waals surface area contributed by atoms with Crippen LogP contribution < -0.4 is 5.73 Å². The summed E-state index contributed by atoms with van der Waals surface area (Å²) in [4.78, 5) is 0. The van der Waals surface area contributed by atoms with E-state index in [1.807, 2.05) is 0 Å². The molecular formula is C12H16F3NO. The lowest BCUT2D eigenvalue weighted by Gasteiger charge is -2.29. The van der Waals surface area contributed by atoms with Crippen LogP contribution in [0, 0.1) is 6.92 Å². The summed E-state index contributed by atoms with van der Waals surface area (Å²) in [5, 5.41) is 0. The molecule has 96 valence electrons. The molecule has 17 heavy (non-hydrogen) atoms. The number of halogens is 3. The Bertz CT molecular complexity index is 397. The minimum atomic E-state index is -4.32. The molecule has 1 aromatic rings. The predicted molar refractivity (Wildman–Crippen MR) is 59.6 cm³/mol. The van der Waals surface area contributed by atoms with Crippen LogP contribution in [0.1, 0.15) is 23.6 Å². The zero-order chi connectivity index (χ0) is 13.3. The van der Waals surface area contributed by atoms with Gasteiger partial charge in [0.15, 0.2) is 0 Å². The van der Waals surface area contributed by atoms with Crippen molar-refractivity contribution in [3.05, 3.63) is 34.9 Å². The van der Waals surface area contributed by atoms with Crippen molar-refractivity contribution >= 4 is 0 Å². The molecule has 0 aliphatic carbocycles. The lowest BCUT2D eigenvalue weighted by atomic mass is 9.90. The number of alkyl halides is 3. The van der Waals surface area contributed by atoms with E-state index in [-0.39, 0.29) is 6.54 Å². The van der Waals surface area contributed by atoms with E-state index in [2.05, 4.69) is 0 Å². The van der Waals surface area contributed by atoms with Crippen LogP contribution in [0.2, 0.25) is 0 Å². The molecule has 2 N–H and O–H groups in total. The second-order valence-corrected chi connectivity index (χ2v) is 4.17. The molecule has 2 nitrogen and oxygen atoms in total. The average molecular weight is 247 g/mol. The minimum Gasteiger partial charge on any atom is -0.372 e. The average Bonchev–Trinajstić information content (AvgIpc) is 2.26. The van der Waals surface area contributed by atoms with Gasteiger partial charge in [0.2, 0.25) is 0 Å². The molecular weight excluding hydrogens is 231 g/mol. The Morgan fingerprint density at radius 2 is 1.88 bits per heavy atom. The van der Waals surface area contributed by atoms with Gasteiger partial charge in [-0.2, -0.15) is 13.2 Å². The zero-order valence-corrected chi connectivity index (χ0v) is 10.1. The lowest BCUT2D eigenvalue weighted by Crippen LogP contribution is -2.34. The highest BCUT2D eigenvalue weighted by molar-refractivity contribution is 5.36. The summed E-state index contributed by atoms with van der Waals surface area (Å²) in [6.07, 6.45) is -4.32. The van der Waals surface area contributed by atoms with Crippen molar-refractivity contribution in [3.8, 4) is 0 Å². The van der Waals surface area contributed by atoms with Gasteiger partial charge >= 0.3 is 6.18 Å². The number of rotatable bonds is 3. The van der Waals surface area contributed by atoms with Crippen LogP contribution in [-0.4, -0.2) is 13.7 Å². The van der Waals surface area contributed by atoms with Gasteiger partial charge in [0.05, 0.1) is 5.56 Å². The number of methoxy groups -OCH3 is 1. The predicted octanol–water partition coefficient (Wildman–Crippen LogP) is 2.83. The Hall–Kier alpha value is -1.07. The molecule has 1 atom stereocenters. The van der Waals surface area contributed by atoms with E-state index in [0.717, 1.165) is 12.1 Å². The second-order valence-electron chi connectivity index (χ2n) is 4.17.